The second-order valence-corrected chi connectivity index (χ2v) is 7.13. The number of hydrogen-bond acceptors (Lipinski definition) is 2. The van der Waals surface area contributed by atoms with Crippen molar-refractivity contribution in [3.8, 4) is 0 Å². The Morgan fingerprint density at radius 3 is 2.47 bits per heavy atom. The monoisotopic (exact) mass is 229 g/mol. The zero-order valence-electron chi connectivity index (χ0n) is 10.9. The van der Waals surface area contributed by atoms with Gasteiger partial charge in [0.2, 0.25) is 0 Å². The maximum atomic E-state index is 3.68. The predicted octanol–water partition coefficient (Wildman–Crippen LogP) is 3.54. The highest BCUT2D eigenvalue weighted by Gasteiger charge is 2.34. The topological polar surface area (TPSA) is 12.0 Å². The summed E-state index contributed by atoms with van der Waals surface area (Å²) >= 11 is 2.17. The van der Waals surface area contributed by atoms with Crippen LogP contribution in [0.15, 0.2) is 0 Å². The van der Waals surface area contributed by atoms with Crippen LogP contribution < -0.4 is 5.32 Å². The molecule has 0 saturated heterocycles. The van der Waals surface area contributed by atoms with Crippen LogP contribution in [0, 0.1) is 11.8 Å². The normalized spacial score (nSPS) is 37.2. The summed E-state index contributed by atoms with van der Waals surface area (Å²) in [4.78, 5) is 0. The first-order valence-electron chi connectivity index (χ1n) is 6.43. The number of nitrogens with one attached hydrogen (secondary N) is 1. The van der Waals surface area contributed by atoms with Gasteiger partial charge in [-0.3, -0.25) is 0 Å². The Morgan fingerprint density at radius 2 is 1.93 bits per heavy atom. The summed E-state index contributed by atoms with van der Waals surface area (Å²) in [5.74, 6) is 1.76. The third-order valence-electron chi connectivity index (χ3n) is 3.28. The molecule has 4 atom stereocenters. The first-order chi connectivity index (χ1) is 7.04. The molecular formula is C13H27NS. The largest absolute Gasteiger partial charge is 0.313 e. The summed E-state index contributed by atoms with van der Waals surface area (Å²) < 4.78 is 0. The first-order valence-corrected chi connectivity index (χ1v) is 7.37. The molecule has 0 aromatic heterocycles. The van der Waals surface area contributed by atoms with E-state index < -0.39 is 0 Å². The molecule has 0 aromatic carbocycles. The standard InChI is InChI=1S/C13H27NS/c1-6-14-12-8-10(4)7-11(5)13(12)15-9(2)3/h9-14H,6-8H2,1-5H3. The Balaban J connectivity index is 2.59. The molecule has 1 aliphatic rings. The maximum absolute atomic E-state index is 3.68. The summed E-state index contributed by atoms with van der Waals surface area (Å²) in [5, 5.41) is 5.26. The van der Waals surface area contributed by atoms with Crippen molar-refractivity contribution < 1.29 is 0 Å². The molecule has 1 N–H and O–H groups in total. The lowest BCUT2D eigenvalue weighted by atomic mass is 9.80. The van der Waals surface area contributed by atoms with Crippen LogP contribution in [0.25, 0.3) is 0 Å². The molecule has 1 aliphatic carbocycles. The van der Waals surface area contributed by atoms with Crippen LogP contribution in [-0.2, 0) is 0 Å². The van der Waals surface area contributed by atoms with Crippen LogP contribution in [-0.4, -0.2) is 23.1 Å². The smallest absolute Gasteiger partial charge is 0.0229 e. The molecule has 4 unspecified atom stereocenters. The van der Waals surface area contributed by atoms with Crippen molar-refractivity contribution in [2.75, 3.05) is 6.54 Å². The molecule has 2 heteroatoms. The van der Waals surface area contributed by atoms with Gasteiger partial charge in [0, 0.05) is 11.3 Å². The van der Waals surface area contributed by atoms with Gasteiger partial charge < -0.3 is 5.32 Å². The average Bonchev–Trinajstić information content (AvgIpc) is 2.11. The summed E-state index contributed by atoms with van der Waals surface area (Å²) in [5.41, 5.74) is 0. The van der Waals surface area contributed by atoms with Gasteiger partial charge in [0.15, 0.2) is 0 Å². The first kappa shape index (κ1) is 13.4. The molecule has 0 aromatic rings. The van der Waals surface area contributed by atoms with Crippen LogP contribution in [0.5, 0.6) is 0 Å². The second-order valence-electron chi connectivity index (χ2n) is 5.37. The van der Waals surface area contributed by atoms with Crippen molar-refractivity contribution in [1.82, 2.24) is 5.32 Å². The Morgan fingerprint density at radius 1 is 1.27 bits per heavy atom. The van der Waals surface area contributed by atoms with Crippen LogP contribution in [0.1, 0.15) is 47.5 Å². The highest BCUT2D eigenvalue weighted by Crippen LogP contribution is 2.37. The van der Waals surface area contributed by atoms with E-state index in [4.69, 9.17) is 0 Å². The van der Waals surface area contributed by atoms with Crippen molar-refractivity contribution >= 4 is 11.8 Å². The minimum absolute atomic E-state index is 0.737. The van der Waals surface area contributed by atoms with E-state index in [1.807, 2.05) is 0 Å². The van der Waals surface area contributed by atoms with Crippen LogP contribution in [0.3, 0.4) is 0 Å². The van der Waals surface area contributed by atoms with E-state index in [9.17, 15) is 0 Å². The van der Waals surface area contributed by atoms with Crippen LogP contribution >= 0.6 is 11.8 Å². The predicted molar refractivity (Wildman–Crippen MR) is 71.5 cm³/mol. The Kier molecular flexibility index (Phi) is 5.48. The summed E-state index contributed by atoms with van der Waals surface area (Å²) in [6.07, 6.45) is 2.77. The summed E-state index contributed by atoms with van der Waals surface area (Å²) in [6, 6.07) is 0.737. The lowest BCUT2D eigenvalue weighted by Crippen LogP contribution is -2.46. The van der Waals surface area contributed by atoms with E-state index in [0.29, 0.717) is 0 Å². The van der Waals surface area contributed by atoms with E-state index in [1.54, 1.807) is 0 Å². The molecule has 0 amide bonds. The SMILES string of the molecule is CCNC1CC(C)CC(C)C1SC(C)C. The maximum Gasteiger partial charge on any atom is 0.0229 e. The lowest BCUT2D eigenvalue weighted by molar-refractivity contribution is 0.251. The van der Waals surface area contributed by atoms with Crippen LogP contribution in [0.2, 0.25) is 0 Å². The zero-order chi connectivity index (χ0) is 11.4. The summed E-state index contributed by atoms with van der Waals surface area (Å²) in [7, 11) is 0. The molecule has 0 spiro atoms. The van der Waals surface area contributed by atoms with Crippen LogP contribution in [0.4, 0.5) is 0 Å². The van der Waals surface area contributed by atoms with Gasteiger partial charge in [0.25, 0.3) is 0 Å². The molecule has 1 rings (SSSR count). The van der Waals surface area contributed by atoms with Gasteiger partial charge in [0.05, 0.1) is 0 Å². The molecule has 15 heavy (non-hydrogen) atoms. The van der Waals surface area contributed by atoms with Gasteiger partial charge in [0.1, 0.15) is 0 Å². The fourth-order valence-electron chi connectivity index (χ4n) is 2.83. The highest BCUT2D eigenvalue weighted by molar-refractivity contribution is 8.00. The molecule has 0 radical (unpaired) electrons. The highest BCUT2D eigenvalue weighted by atomic mass is 32.2. The van der Waals surface area contributed by atoms with Gasteiger partial charge >= 0.3 is 0 Å². The Labute approximate surface area is 99.8 Å². The number of thioether (sulfide) groups is 1. The lowest BCUT2D eigenvalue weighted by Gasteiger charge is -2.40. The quantitative estimate of drug-likeness (QED) is 0.791. The van der Waals surface area contributed by atoms with Crippen molar-refractivity contribution in [1.29, 1.82) is 0 Å². The van der Waals surface area contributed by atoms with Crippen molar-refractivity contribution in [2.24, 2.45) is 11.8 Å². The fourth-order valence-corrected chi connectivity index (χ4v) is 4.24. The van der Waals surface area contributed by atoms with Gasteiger partial charge in [-0.1, -0.05) is 34.6 Å². The zero-order valence-corrected chi connectivity index (χ0v) is 11.7. The molecule has 1 saturated carbocycles. The Hall–Kier alpha value is 0.310. The van der Waals surface area contributed by atoms with Gasteiger partial charge in [-0.25, -0.2) is 0 Å². The average molecular weight is 229 g/mol. The van der Waals surface area contributed by atoms with Gasteiger partial charge in [-0.05, 0) is 36.5 Å². The van der Waals surface area contributed by atoms with E-state index in [-0.39, 0.29) is 0 Å². The third kappa shape index (κ3) is 3.99. The molecule has 0 aliphatic heterocycles. The third-order valence-corrected chi connectivity index (χ3v) is 4.94. The molecule has 90 valence electrons. The van der Waals surface area contributed by atoms with Gasteiger partial charge in [-0.15, -0.1) is 0 Å². The number of rotatable bonds is 4. The van der Waals surface area contributed by atoms with E-state index >= 15 is 0 Å². The van der Waals surface area contributed by atoms with E-state index in [2.05, 4.69) is 51.7 Å². The summed E-state index contributed by atoms with van der Waals surface area (Å²) in [6.45, 7) is 12.8. The fraction of sp³-hybridized carbons (Fsp3) is 1.00. The van der Waals surface area contributed by atoms with E-state index in [1.165, 1.54) is 12.8 Å². The minimum Gasteiger partial charge on any atom is -0.313 e. The number of hydrogen-bond donors (Lipinski definition) is 1. The molecule has 1 nitrogen and oxygen atoms in total. The second kappa shape index (κ2) is 6.15. The molecular weight excluding hydrogens is 202 g/mol. The molecule has 1 fully saturated rings. The molecule has 0 bridgehead atoms. The Bertz CT molecular complexity index is 181. The van der Waals surface area contributed by atoms with Crippen molar-refractivity contribution in [3.05, 3.63) is 0 Å². The minimum atomic E-state index is 0.737. The van der Waals surface area contributed by atoms with Crippen molar-refractivity contribution in [2.45, 2.75) is 64.0 Å². The van der Waals surface area contributed by atoms with Crippen molar-refractivity contribution in [3.63, 3.8) is 0 Å². The van der Waals surface area contributed by atoms with Gasteiger partial charge in [-0.2, -0.15) is 11.8 Å². The van der Waals surface area contributed by atoms with E-state index in [0.717, 1.165) is 34.9 Å². The molecule has 0 heterocycles.